The average Bonchev–Trinajstić information content (AvgIpc) is 3.22. The molecule has 6 aromatic rings. The van der Waals surface area contributed by atoms with E-state index in [1.165, 1.54) is 33.4 Å². The Balaban J connectivity index is 0.000000364. The number of hydrogen-bond donors (Lipinski definition) is 0. The Morgan fingerprint density at radius 1 is 0.508 bits per heavy atom. The second-order valence-electron chi connectivity index (χ2n) is 13.2. The van der Waals surface area contributed by atoms with Crippen molar-refractivity contribution in [2.45, 2.75) is 41.5 Å². The van der Waals surface area contributed by atoms with Gasteiger partial charge in [-0.2, -0.15) is 22.5 Å². The van der Waals surface area contributed by atoms with Crippen LogP contribution in [-0.2, 0) is 17.3 Å². The first-order valence-corrected chi connectivity index (χ1v) is 28.9. The fraction of sp³-hybridized carbons (Fsp3) is 0.167. The third-order valence-corrected chi connectivity index (χ3v) is 16.9. The van der Waals surface area contributed by atoms with Crippen molar-refractivity contribution < 1.29 is 51.8 Å². The van der Waals surface area contributed by atoms with Gasteiger partial charge < -0.3 is 0 Å². The van der Waals surface area contributed by atoms with Gasteiger partial charge in [0.05, 0.1) is 0 Å². The van der Waals surface area contributed by atoms with Gasteiger partial charge in [0.2, 0.25) is 11.6 Å². The summed E-state index contributed by atoms with van der Waals surface area (Å²) in [5, 5.41) is 3.57. The SMILES string of the molecule is Cc1c(C)c(C)c(C)c(C)c1C.Fc1nc(F)c(F)c(N=P(CP(c2ccccc2)c2ccccc2)(c2ccccc2)c2ccccc2)c1F.[Cl][Ru+].[F][Sb-]([F])([F])([F])([F])[F]. The molecule has 0 N–H and O–H groups in total. The number of nitrogens with zero attached hydrogens (tertiary/aromatic N) is 2. The van der Waals surface area contributed by atoms with Crippen LogP contribution in [-0.4, -0.2) is 30.4 Å². The fourth-order valence-corrected chi connectivity index (χ4v) is 14.2. The first-order valence-electron chi connectivity index (χ1n) is 17.4. The van der Waals surface area contributed by atoms with Gasteiger partial charge >= 0.3 is 63.4 Å². The van der Waals surface area contributed by atoms with Gasteiger partial charge in [-0.3, -0.25) is 4.74 Å². The van der Waals surface area contributed by atoms with Crippen LogP contribution in [0.4, 0.5) is 40.1 Å². The topological polar surface area (TPSA) is 25.2 Å². The van der Waals surface area contributed by atoms with Crippen LogP contribution in [0.25, 0.3) is 0 Å². The Labute approximate surface area is 355 Å². The second-order valence-corrected chi connectivity index (χ2v) is 24.4. The summed E-state index contributed by atoms with van der Waals surface area (Å²) < 4.78 is 123. The van der Waals surface area contributed by atoms with Crippen LogP contribution < -0.4 is 21.2 Å². The third-order valence-electron chi connectivity index (χ3n) is 9.47. The molecule has 0 aliphatic heterocycles. The summed E-state index contributed by atoms with van der Waals surface area (Å²) in [7, 11) is 0.369. The molecule has 318 valence electrons. The van der Waals surface area contributed by atoms with Crippen LogP contribution in [0.2, 0.25) is 0 Å². The Morgan fingerprint density at radius 3 is 1.03 bits per heavy atom. The summed E-state index contributed by atoms with van der Waals surface area (Å²) in [4.78, 5) is 2.74. The van der Waals surface area contributed by atoms with E-state index in [2.05, 4.69) is 56.2 Å². The van der Waals surface area contributed by atoms with E-state index in [9.17, 15) is 25.7 Å². The summed E-state index contributed by atoms with van der Waals surface area (Å²) in [5.74, 6) is -6.28. The number of halogens is 11. The van der Waals surface area contributed by atoms with Crippen molar-refractivity contribution >= 4 is 71.0 Å². The van der Waals surface area contributed by atoms with Gasteiger partial charge in [-0.25, -0.2) is 0 Å². The van der Waals surface area contributed by atoms with Gasteiger partial charge in [0.15, 0.2) is 0 Å². The maximum absolute atomic E-state index is 15.1. The van der Waals surface area contributed by atoms with E-state index in [0.717, 1.165) is 21.2 Å². The molecule has 0 aliphatic rings. The van der Waals surface area contributed by atoms with Crippen LogP contribution >= 0.6 is 24.7 Å². The summed E-state index contributed by atoms with van der Waals surface area (Å²) in [5.41, 5.74) is 7.75. The quantitative estimate of drug-likeness (QED) is 0.0677. The molecule has 0 bridgehead atoms. The number of rotatable bonds is 7. The van der Waals surface area contributed by atoms with Crippen LogP contribution in [0, 0.1) is 65.1 Å². The number of hydrogen-bond acceptors (Lipinski definition) is 2. The van der Waals surface area contributed by atoms with Gasteiger partial charge in [0.25, 0.3) is 11.9 Å². The molecular weight excluding hydrogens is 1040 g/mol. The van der Waals surface area contributed by atoms with Gasteiger partial charge in [-0.05, 0) is 104 Å². The molecule has 0 aliphatic carbocycles. The molecule has 1 aromatic heterocycles. The van der Waals surface area contributed by atoms with E-state index in [-0.39, 0.29) is 0 Å². The second kappa shape index (κ2) is 20.2. The van der Waals surface area contributed by atoms with E-state index in [4.69, 9.17) is 4.74 Å². The van der Waals surface area contributed by atoms with E-state index in [1.807, 2.05) is 139 Å². The fourth-order valence-electron chi connectivity index (χ4n) is 5.96. The molecule has 0 saturated carbocycles. The van der Waals surface area contributed by atoms with Crippen molar-refractivity contribution in [3.05, 3.63) is 178 Å². The summed E-state index contributed by atoms with van der Waals surface area (Å²) in [6.45, 7) is 13.3. The average molecular weight is 1080 g/mol. The predicted molar refractivity (Wildman–Crippen MR) is 222 cm³/mol. The molecule has 17 heteroatoms. The Kier molecular flexibility index (Phi) is 17.2. The van der Waals surface area contributed by atoms with E-state index in [0.29, 0.717) is 5.90 Å². The molecule has 0 spiro atoms. The number of aromatic nitrogens is 1. The molecule has 5 aromatic carbocycles. The van der Waals surface area contributed by atoms with Crippen molar-refractivity contribution in [3.8, 4) is 0 Å². The van der Waals surface area contributed by atoms with E-state index >= 15 is 8.78 Å². The molecular formula is C42H40ClF10N2P2RuSb. The van der Waals surface area contributed by atoms with Gasteiger partial charge in [-0.15, -0.1) is 0 Å². The number of benzene rings is 5. The molecule has 0 saturated heterocycles. The summed E-state index contributed by atoms with van der Waals surface area (Å²) >= 11 is -9.43. The molecule has 0 unspecified atom stereocenters. The van der Waals surface area contributed by atoms with Crippen molar-refractivity contribution in [1.82, 2.24) is 4.98 Å². The Hall–Kier alpha value is -3.06. The normalized spacial score (nSPS) is 12.4. The standard InChI is InChI=1S/C30H22F4N2P2.C12H18.ClH.6FH.Ru.Sb/c31-26-28(27(32)30(34)35-29(26)33)36-38(24-17-9-3-10-18-24,25-19-11-4-12-20-25)21-37(22-13-5-1-6-14-22)23-15-7-2-8-16-23;1-7-8(2)10(4)12(6)11(5)9(7)3;;;;;;;;;/h1-20H,21H2;1-6H3;7*1H;;/q;;;;;;;;;+2;+5/p-7. The van der Waals surface area contributed by atoms with Gasteiger partial charge in [0.1, 0.15) is 5.69 Å². The Morgan fingerprint density at radius 2 is 0.763 bits per heavy atom. The van der Waals surface area contributed by atoms with E-state index in [1.54, 1.807) is 0 Å². The van der Waals surface area contributed by atoms with Crippen molar-refractivity contribution in [1.29, 1.82) is 0 Å². The Bertz CT molecular complexity index is 2170. The molecule has 0 fully saturated rings. The summed E-state index contributed by atoms with van der Waals surface area (Å²) in [6, 6.07) is 38.2. The van der Waals surface area contributed by atoms with Gasteiger partial charge in [-0.1, -0.05) is 121 Å². The summed E-state index contributed by atoms with van der Waals surface area (Å²) in [6.07, 6.45) is 0. The van der Waals surface area contributed by atoms with Crippen molar-refractivity contribution in [3.63, 3.8) is 0 Å². The first-order chi connectivity index (χ1) is 27.4. The van der Waals surface area contributed by atoms with Crippen molar-refractivity contribution in [2.75, 3.05) is 5.90 Å². The zero-order chi connectivity index (χ0) is 44.4. The molecule has 59 heavy (non-hydrogen) atoms. The first kappa shape index (κ1) is 50.3. The zero-order valence-corrected chi connectivity index (χ0v) is 39.3. The molecule has 0 atom stereocenters. The maximum atomic E-state index is 15.1. The minimum atomic E-state index is -11.2. The molecule has 2 nitrogen and oxygen atoms in total. The molecule has 0 radical (unpaired) electrons. The molecule has 1 heterocycles. The third kappa shape index (κ3) is 14.5. The van der Waals surface area contributed by atoms with Crippen LogP contribution in [0.1, 0.15) is 33.4 Å². The van der Waals surface area contributed by atoms with Gasteiger partial charge in [0, 0.05) is 13.0 Å². The number of pyridine rings is 1. The van der Waals surface area contributed by atoms with Crippen molar-refractivity contribution in [2.24, 2.45) is 4.74 Å². The monoisotopic (exact) mass is 1080 g/mol. The predicted octanol–water partition coefficient (Wildman–Crippen LogP) is 13.6. The van der Waals surface area contributed by atoms with Crippen LogP contribution in [0.15, 0.2) is 126 Å². The van der Waals surface area contributed by atoms with Crippen LogP contribution in [0.3, 0.4) is 0 Å². The minimum absolute atomic E-state index is 0.384. The van der Waals surface area contributed by atoms with Crippen LogP contribution in [0.5, 0.6) is 0 Å². The molecule has 6 rings (SSSR count). The van der Waals surface area contributed by atoms with E-state index < -0.39 is 63.7 Å². The zero-order valence-electron chi connectivity index (χ0n) is 32.5. The molecule has 0 amide bonds.